The van der Waals surface area contributed by atoms with E-state index in [2.05, 4.69) is 102 Å². The SMILES string of the molecule is CC[N+](CC)(CC)Cc1cc(C)c(-n2c3ccc(C)cc3c3cc(C)ccc32)c(C)c1. The summed E-state index contributed by atoms with van der Waals surface area (Å²) in [6.07, 6.45) is 0. The van der Waals surface area contributed by atoms with Crippen LogP contribution in [0.15, 0.2) is 48.5 Å². The Morgan fingerprint density at radius 3 is 1.52 bits per heavy atom. The van der Waals surface area contributed by atoms with Crippen LogP contribution in [0.5, 0.6) is 0 Å². The molecule has 0 aliphatic rings. The van der Waals surface area contributed by atoms with E-state index in [0.717, 1.165) is 11.0 Å². The zero-order valence-electron chi connectivity index (χ0n) is 20.3. The van der Waals surface area contributed by atoms with Gasteiger partial charge in [-0.1, -0.05) is 23.3 Å². The Labute approximate surface area is 187 Å². The number of quaternary nitrogens is 1. The molecule has 0 unspecified atom stereocenters. The van der Waals surface area contributed by atoms with Crippen LogP contribution in [0.3, 0.4) is 0 Å². The van der Waals surface area contributed by atoms with Gasteiger partial charge in [-0.15, -0.1) is 0 Å². The monoisotopic (exact) mass is 413 g/mol. The molecular formula is C29H37N2+. The highest BCUT2D eigenvalue weighted by atomic mass is 15.3. The van der Waals surface area contributed by atoms with Gasteiger partial charge in [-0.2, -0.15) is 0 Å². The maximum atomic E-state index is 2.49. The third-order valence-electron chi connectivity index (χ3n) is 7.38. The van der Waals surface area contributed by atoms with Gasteiger partial charge in [-0.3, -0.25) is 0 Å². The first-order chi connectivity index (χ1) is 14.8. The molecule has 0 N–H and O–H groups in total. The smallest absolute Gasteiger partial charge is 0.104 e. The fourth-order valence-corrected chi connectivity index (χ4v) is 5.37. The minimum atomic E-state index is 1.11. The number of nitrogens with zero attached hydrogens (tertiary/aromatic N) is 2. The van der Waals surface area contributed by atoms with Crippen LogP contribution >= 0.6 is 0 Å². The van der Waals surface area contributed by atoms with Crippen molar-refractivity contribution in [2.45, 2.75) is 55.0 Å². The lowest BCUT2D eigenvalue weighted by Gasteiger charge is -2.36. The van der Waals surface area contributed by atoms with Crippen LogP contribution in [0, 0.1) is 27.7 Å². The highest BCUT2D eigenvalue weighted by Gasteiger charge is 2.23. The Balaban J connectivity index is 1.94. The molecule has 0 saturated heterocycles. The maximum absolute atomic E-state index is 2.49. The van der Waals surface area contributed by atoms with Gasteiger partial charge in [-0.25, -0.2) is 0 Å². The van der Waals surface area contributed by atoms with Gasteiger partial charge in [0.2, 0.25) is 0 Å². The molecule has 0 saturated carbocycles. The van der Waals surface area contributed by atoms with E-state index in [1.165, 1.54) is 74.9 Å². The second-order valence-corrected chi connectivity index (χ2v) is 9.40. The maximum Gasteiger partial charge on any atom is 0.104 e. The third-order valence-corrected chi connectivity index (χ3v) is 7.38. The summed E-state index contributed by atoms with van der Waals surface area (Å²) in [5.41, 5.74) is 10.7. The van der Waals surface area contributed by atoms with Crippen LogP contribution in [0.1, 0.15) is 48.6 Å². The quantitative estimate of drug-likeness (QED) is 0.290. The molecule has 4 rings (SSSR count). The van der Waals surface area contributed by atoms with Crippen molar-refractivity contribution in [3.63, 3.8) is 0 Å². The molecule has 4 aromatic rings. The molecule has 31 heavy (non-hydrogen) atoms. The minimum absolute atomic E-state index is 1.11. The summed E-state index contributed by atoms with van der Waals surface area (Å²) in [4.78, 5) is 0. The molecule has 1 heterocycles. The molecule has 0 aliphatic carbocycles. The van der Waals surface area contributed by atoms with E-state index in [0.29, 0.717) is 0 Å². The molecule has 0 bridgehead atoms. The Morgan fingerprint density at radius 1 is 0.645 bits per heavy atom. The summed E-state index contributed by atoms with van der Waals surface area (Å²) in [6.45, 7) is 20.5. The Kier molecular flexibility index (Phi) is 5.70. The summed E-state index contributed by atoms with van der Waals surface area (Å²) in [6, 6.07) is 18.6. The summed E-state index contributed by atoms with van der Waals surface area (Å²) >= 11 is 0. The van der Waals surface area contributed by atoms with Crippen LogP contribution in [-0.2, 0) is 6.54 Å². The number of hydrogen-bond acceptors (Lipinski definition) is 0. The van der Waals surface area contributed by atoms with Crippen molar-refractivity contribution in [1.29, 1.82) is 0 Å². The normalized spacial score (nSPS) is 12.2. The van der Waals surface area contributed by atoms with Crippen LogP contribution in [0.4, 0.5) is 0 Å². The van der Waals surface area contributed by atoms with Crippen LogP contribution < -0.4 is 0 Å². The van der Waals surface area contributed by atoms with Gasteiger partial charge in [0.1, 0.15) is 6.54 Å². The van der Waals surface area contributed by atoms with Crippen molar-refractivity contribution >= 4 is 21.8 Å². The van der Waals surface area contributed by atoms with Gasteiger partial charge in [-0.05, 0) is 96.0 Å². The number of benzene rings is 3. The summed E-state index contributed by atoms with van der Waals surface area (Å²) in [5, 5.41) is 2.69. The summed E-state index contributed by atoms with van der Waals surface area (Å²) in [5.74, 6) is 0. The fraction of sp³-hybridized carbons (Fsp3) is 0.379. The number of hydrogen-bond donors (Lipinski definition) is 0. The predicted octanol–water partition coefficient (Wildman–Crippen LogP) is 7.39. The zero-order valence-corrected chi connectivity index (χ0v) is 20.3. The van der Waals surface area contributed by atoms with Crippen molar-refractivity contribution in [3.05, 3.63) is 76.3 Å². The van der Waals surface area contributed by atoms with Crippen molar-refractivity contribution in [3.8, 4) is 5.69 Å². The molecule has 1 aromatic heterocycles. The highest BCUT2D eigenvalue weighted by Crippen LogP contribution is 2.36. The molecule has 162 valence electrons. The van der Waals surface area contributed by atoms with Crippen LogP contribution in [-0.4, -0.2) is 28.7 Å². The number of fused-ring (bicyclic) bond motifs is 3. The standard InChI is InChI=1S/C29H37N2/c1-8-31(9-2,10-3)19-24-17-22(6)29(23(7)18-24)30-27-13-11-20(4)15-25(27)26-16-21(5)12-14-28(26)30/h11-18H,8-10,19H2,1-7H3/q+1. The molecule has 0 fully saturated rings. The van der Waals surface area contributed by atoms with E-state index < -0.39 is 0 Å². The van der Waals surface area contributed by atoms with Gasteiger partial charge in [0.15, 0.2) is 0 Å². The molecule has 2 heteroatoms. The largest absolute Gasteiger partial charge is 0.321 e. The van der Waals surface area contributed by atoms with Crippen LogP contribution in [0.2, 0.25) is 0 Å². The second kappa shape index (κ2) is 8.16. The average molecular weight is 414 g/mol. The number of rotatable bonds is 6. The van der Waals surface area contributed by atoms with Crippen molar-refractivity contribution in [2.24, 2.45) is 0 Å². The highest BCUT2D eigenvalue weighted by molar-refractivity contribution is 6.09. The lowest BCUT2D eigenvalue weighted by atomic mass is 10.0. The fourth-order valence-electron chi connectivity index (χ4n) is 5.37. The van der Waals surface area contributed by atoms with E-state index in [9.17, 15) is 0 Å². The van der Waals surface area contributed by atoms with E-state index in [-0.39, 0.29) is 0 Å². The lowest BCUT2D eigenvalue weighted by molar-refractivity contribution is -0.936. The van der Waals surface area contributed by atoms with E-state index >= 15 is 0 Å². The molecule has 0 radical (unpaired) electrons. The topological polar surface area (TPSA) is 4.93 Å². The minimum Gasteiger partial charge on any atom is -0.321 e. The molecule has 0 spiro atoms. The van der Waals surface area contributed by atoms with Gasteiger partial charge in [0, 0.05) is 16.3 Å². The third kappa shape index (κ3) is 3.68. The molecular weight excluding hydrogens is 376 g/mol. The summed E-state index contributed by atoms with van der Waals surface area (Å²) in [7, 11) is 0. The predicted molar refractivity (Wildman–Crippen MR) is 135 cm³/mol. The second-order valence-electron chi connectivity index (χ2n) is 9.40. The molecule has 0 amide bonds. The van der Waals surface area contributed by atoms with Crippen molar-refractivity contribution in [2.75, 3.05) is 19.6 Å². The average Bonchev–Trinajstić information content (AvgIpc) is 3.04. The van der Waals surface area contributed by atoms with Crippen molar-refractivity contribution < 1.29 is 4.48 Å². The summed E-state index contributed by atoms with van der Waals surface area (Å²) < 4.78 is 3.63. The van der Waals surface area contributed by atoms with Crippen LogP contribution in [0.25, 0.3) is 27.5 Å². The van der Waals surface area contributed by atoms with Gasteiger partial charge in [0.25, 0.3) is 0 Å². The molecule has 3 aromatic carbocycles. The Hall–Kier alpha value is -2.58. The first kappa shape index (κ1) is 21.6. The molecule has 0 aliphatic heterocycles. The molecule has 0 atom stereocenters. The van der Waals surface area contributed by atoms with Gasteiger partial charge < -0.3 is 9.05 Å². The van der Waals surface area contributed by atoms with Gasteiger partial charge in [0.05, 0.1) is 36.4 Å². The van der Waals surface area contributed by atoms with E-state index in [4.69, 9.17) is 0 Å². The lowest BCUT2D eigenvalue weighted by Crippen LogP contribution is -2.46. The first-order valence-electron chi connectivity index (χ1n) is 11.8. The van der Waals surface area contributed by atoms with E-state index in [1.54, 1.807) is 0 Å². The first-order valence-corrected chi connectivity index (χ1v) is 11.8. The number of aromatic nitrogens is 1. The zero-order chi connectivity index (χ0) is 22.3. The Bertz CT molecular complexity index is 1160. The molecule has 2 nitrogen and oxygen atoms in total. The van der Waals surface area contributed by atoms with Crippen molar-refractivity contribution in [1.82, 2.24) is 4.57 Å². The van der Waals surface area contributed by atoms with Gasteiger partial charge >= 0.3 is 0 Å². The van der Waals surface area contributed by atoms with E-state index in [1.807, 2.05) is 0 Å². The Morgan fingerprint density at radius 2 is 1.10 bits per heavy atom. The number of aryl methyl sites for hydroxylation is 4.